The first kappa shape index (κ1) is 11.7. The number of allylic oxidation sites excluding steroid dienone is 1. The Hall–Kier alpha value is -1.39. The summed E-state index contributed by atoms with van der Waals surface area (Å²) in [5.41, 5.74) is 1.89. The van der Waals surface area contributed by atoms with Crippen LogP contribution in [0.5, 0.6) is 5.75 Å². The van der Waals surface area contributed by atoms with Gasteiger partial charge in [0.1, 0.15) is 0 Å². The molecule has 2 nitrogen and oxygen atoms in total. The second kappa shape index (κ2) is 4.37. The highest BCUT2D eigenvalue weighted by Crippen LogP contribution is 2.33. The fourth-order valence-electron chi connectivity index (χ4n) is 2.10. The van der Waals surface area contributed by atoms with Crippen LogP contribution in [-0.4, -0.2) is 5.78 Å². The normalized spacial score (nSPS) is 16.3. The van der Waals surface area contributed by atoms with Gasteiger partial charge in [-0.25, -0.2) is 0 Å². The lowest BCUT2D eigenvalue weighted by molar-refractivity contribution is -0.269. The molecule has 0 saturated carbocycles. The number of hydrogen-bond acceptors (Lipinski definition) is 3. The summed E-state index contributed by atoms with van der Waals surface area (Å²) in [6.07, 6.45) is 2.32. The summed E-state index contributed by atoms with van der Waals surface area (Å²) >= 11 is 4.95. The van der Waals surface area contributed by atoms with Crippen LogP contribution < -0.4 is 5.11 Å². The minimum atomic E-state index is -0.0448. The zero-order valence-electron chi connectivity index (χ0n) is 9.27. The zero-order chi connectivity index (χ0) is 12.7. The van der Waals surface area contributed by atoms with Gasteiger partial charge >= 0.3 is 0 Å². The number of rotatable bonds is 1. The van der Waals surface area contributed by atoms with Crippen molar-refractivity contribution in [2.75, 3.05) is 0 Å². The highest BCUT2D eigenvalue weighted by atomic mass is 79.9. The van der Waals surface area contributed by atoms with Gasteiger partial charge in [-0.15, -0.1) is 17.1 Å². The molecule has 3 rings (SSSR count). The summed E-state index contributed by atoms with van der Waals surface area (Å²) in [5, 5.41) is 13.6. The van der Waals surface area contributed by atoms with E-state index in [1.807, 2.05) is 17.5 Å². The van der Waals surface area contributed by atoms with Crippen LogP contribution in [0, 0.1) is 0 Å². The van der Waals surface area contributed by atoms with Gasteiger partial charge in [-0.3, -0.25) is 4.79 Å². The highest BCUT2D eigenvalue weighted by molar-refractivity contribution is 9.10. The van der Waals surface area contributed by atoms with Crippen LogP contribution in [0.15, 0.2) is 39.7 Å². The molecule has 0 spiro atoms. The van der Waals surface area contributed by atoms with Gasteiger partial charge in [-0.2, -0.15) is 0 Å². The van der Waals surface area contributed by atoms with Gasteiger partial charge in [-0.1, -0.05) is 18.2 Å². The second-order valence-corrected chi connectivity index (χ2v) is 5.98. The lowest BCUT2D eigenvalue weighted by Gasteiger charge is -2.09. The van der Waals surface area contributed by atoms with E-state index in [1.54, 1.807) is 23.5 Å². The molecule has 0 saturated heterocycles. The molecule has 18 heavy (non-hydrogen) atoms. The monoisotopic (exact) mass is 319 g/mol. The van der Waals surface area contributed by atoms with E-state index in [2.05, 4.69) is 15.9 Å². The van der Waals surface area contributed by atoms with Crippen molar-refractivity contribution in [3.05, 3.63) is 55.7 Å². The zero-order valence-corrected chi connectivity index (χ0v) is 11.7. The molecule has 0 unspecified atom stereocenters. The van der Waals surface area contributed by atoms with Gasteiger partial charge in [0.15, 0.2) is 5.78 Å². The third kappa shape index (κ3) is 1.91. The van der Waals surface area contributed by atoms with Crippen molar-refractivity contribution in [3.8, 4) is 5.75 Å². The predicted octanol–water partition coefficient (Wildman–Crippen LogP) is 3.41. The van der Waals surface area contributed by atoms with Crippen molar-refractivity contribution in [3.63, 3.8) is 0 Å². The topological polar surface area (TPSA) is 40.1 Å². The molecule has 0 aliphatic heterocycles. The molecule has 2 aromatic rings. The van der Waals surface area contributed by atoms with E-state index in [1.165, 1.54) is 6.07 Å². The van der Waals surface area contributed by atoms with Crippen molar-refractivity contribution in [2.24, 2.45) is 0 Å². The predicted molar refractivity (Wildman–Crippen MR) is 73.9 cm³/mol. The number of carbonyl (C=O) groups is 1. The Labute approximate surface area is 117 Å². The van der Waals surface area contributed by atoms with Crippen LogP contribution in [0.1, 0.15) is 20.8 Å². The first-order valence-electron chi connectivity index (χ1n) is 5.43. The molecule has 0 fully saturated rings. The fourth-order valence-corrected chi connectivity index (χ4v) is 3.50. The Morgan fingerprint density at radius 2 is 2.22 bits per heavy atom. The number of ketones is 1. The molecule has 1 heterocycles. The lowest BCUT2D eigenvalue weighted by Crippen LogP contribution is -1.97. The number of Topliss-reactive ketones (excluding diaryl/α,β-unsaturated/α-hetero) is 1. The lowest BCUT2D eigenvalue weighted by atomic mass is 10.1. The number of fused-ring (bicyclic) bond motifs is 1. The average Bonchev–Trinajstić information content (AvgIpc) is 2.88. The van der Waals surface area contributed by atoms with Crippen molar-refractivity contribution >= 4 is 39.1 Å². The molecule has 1 aliphatic carbocycles. The molecule has 0 bridgehead atoms. The number of halogens is 1. The Morgan fingerprint density at radius 1 is 1.39 bits per heavy atom. The van der Waals surface area contributed by atoms with Crippen LogP contribution in [0.25, 0.3) is 6.08 Å². The molecular weight excluding hydrogens is 312 g/mol. The van der Waals surface area contributed by atoms with Crippen LogP contribution in [0.3, 0.4) is 0 Å². The van der Waals surface area contributed by atoms with Crippen molar-refractivity contribution in [1.82, 2.24) is 0 Å². The summed E-state index contributed by atoms with van der Waals surface area (Å²) in [6.45, 7) is 0. The maximum Gasteiger partial charge on any atom is 0.189 e. The number of benzene rings is 1. The van der Waals surface area contributed by atoms with Gasteiger partial charge in [0.2, 0.25) is 0 Å². The summed E-state index contributed by atoms with van der Waals surface area (Å²) in [7, 11) is 0. The maximum atomic E-state index is 12.1. The first-order valence-corrected chi connectivity index (χ1v) is 7.10. The number of carbonyl (C=O) groups excluding carboxylic acids is 1. The molecule has 0 amide bonds. The van der Waals surface area contributed by atoms with Crippen molar-refractivity contribution < 1.29 is 9.90 Å². The number of thiophene rings is 1. The third-order valence-electron chi connectivity index (χ3n) is 2.94. The van der Waals surface area contributed by atoms with Crippen molar-refractivity contribution in [1.29, 1.82) is 0 Å². The second-order valence-electron chi connectivity index (χ2n) is 4.13. The van der Waals surface area contributed by atoms with E-state index >= 15 is 0 Å². The van der Waals surface area contributed by atoms with Crippen LogP contribution in [0.4, 0.5) is 0 Å². The van der Waals surface area contributed by atoms with E-state index in [0.29, 0.717) is 23.1 Å². The summed E-state index contributed by atoms with van der Waals surface area (Å²) < 4.78 is 1.01. The standard InChI is InChI=1S/C14H9BrO2S/c15-9-6-10(18-7-9)4-8-5-12-11(14(8)17)2-1-3-13(12)16/h1-4,6-7,16H,5H2/p-1/b8-4+. The van der Waals surface area contributed by atoms with Gasteiger partial charge < -0.3 is 5.11 Å². The Balaban J connectivity index is 2.02. The fraction of sp³-hybridized carbons (Fsp3) is 0.0714. The minimum Gasteiger partial charge on any atom is -0.872 e. The average molecular weight is 320 g/mol. The molecule has 1 aromatic carbocycles. The third-order valence-corrected chi connectivity index (χ3v) is 4.58. The van der Waals surface area contributed by atoms with Crippen LogP contribution in [-0.2, 0) is 6.42 Å². The summed E-state index contributed by atoms with van der Waals surface area (Å²) in [6, 6.07) is 6.84. The molecule has 1 aliphatic rings. The molecule has 4 heteroatoms. The molecular formula is C14H8BrO2S-. The number of hydrogen-bond donors (Lipinski definition) is 0. The smallest absolute Gasteiger partial charge is 0.189 e. The Bertz CT molecular complexity index is 670. The van der Waals surface area contributed by atoms with E-state index in [9.17, 15) is 9.90 Å². The first-order chi connectivity index (χ1) is 8.65. The molecule has 0 N–H and O–H groups in total. The molecule has 90 valence electrons. The summed E-state index contributed by atoms with van der Waals surface area (Å²) in [4.78, 5) is 13.2. The van der Waals surface area contributed by atoms with Gasteiger partial charge in [0.05, 0.1) is 0 Å². The Kier molecular flexibility index (Phi) is 2.84. The van der Waals surface area contributed by atoms with E-state index in [-0.39, 0.29) is 11.5 Å². The van der Waals surface area contributed by atoms with E-state index in [0.717, 1.165) is 9.35 Å². The van der Waals surface area contributed by atoms with Gasteiger partial charge in [0.25, 0.3) is 0 Å². The van der Waals surface area contributed by atoms with Crippen molar-refractivity contribution in [2.45, 2.75) is 6.42 Å². The molecule has 0 radical (unpaired) electrons. The molecule has 0 atom stereocenters. The SMILES string of the molecule is O=C1/C(=C/c2cc(Br)cs2)Cc2c([O-])cccc21. The largest absolute Gasteiger partial charge is 0.872 e. The van der Waals surface area contributed by atoms with Crippen LogP contribution >= 0.6 is 27.3 Å². The Morgan fingerprint density at radius 3 is 2.89 bits per heavy atom. The summed E-state index contributed by atoms with van der Waals surface area (Å²) in [5.74, 6) is -0.0659. The molecule has 1 aromatic heterocycles. The van der Waals surface area contributed by atoms with Gasteiger partial charge in [0, 0.05) is 32.3 Å². The van der Waals surface area contributed by atoms with E-state index < -0.39 is 0 Å². The van der Waals surface area contributed by atoms with E-state index in [4.69, 9.17) is 0 Å². The quantitative estimate of drug-likeness (QED) is 0.756. The minimum absolute atomic E-state index is 0.0211. The van der Waals surface area contributed by atoms with Gasteiger partial charge in [-0.05, 0) is 33.6 Å². The van der Waals surface area contributed by atoms with Crippen LogP contribution in [0.2, 0.25) is 0 Å². The highest BCUT2D eigenvalue weighted by Gasteiger charge is 2.24. The maximum absolute atomic E-state index is 12.1.